The van der Waals surface area contributed by atoms with Crippen molar-refractivity contribution in [3.8, 4) is 5.88 Å². The number of rotatable bonds is 6. The summed E-state index contributed by atoms with van der Waals surface area (Å²) in [7, 11) is 0. The van der Waals surface area contributed by atoms with E-state index in [1.165, 1.54) is 0 Å². The molecule has 1 N–H and O–H groups in total. The second-order valence-corrected chi connectivity index (χ2v) is 5.73. The van der Waals surface area contributed by atoms with Crippen molar-refractivity contribution >= 4 is 0 Å². The van der Waals surface area contributed by atoms with Crippen molar-refractivity contribution in [2.24, 2.45) is 0 Å². The Morgan fingerprint density at radius 2 is 1.76 bits per heavy atom. The molecule has 1 aromatic rings. The Balaban J connectivity index is 2.97. The van der Waals surface area contributed by atoms with Crippen molar-refractivity contribution in [1.82, 2.24) is 10.3 Å². The summed E-state index contributed by atoms with van der Waals surface area (Å²) in [6, 6.07) is 3.74. The molecule has 3 nitrogen and oxygen atoms in total. The molecule has 6 heteroatoms. The van der Waals surface area contributed by atoms with E-state index in [0.717, 1.165) is 18.2 Å². The fraction of sp³-hybridized carbons (Fsp3) is 0.667. The molecule has 21 heavy (non-hydrogen) atoms. The first-order valence-corrected chi connectivity index (χ1v) is 7.07. The van der Waals surface area contributed by atoms with E-state index in [2.05, 4.69) is 10.3 Å². The van der Waals surface area contributed by atoms with E-state index in [1.807, 2.05) is 33.8 Å². The van der Waals surface area contributed by atoms with Crippen LogP contribution in [0.4, 0.5) is 13.2 Å². The zero-order valence-corrected chi connectivity index (χ0v) is 13.1. The standard InChI is InChI=1S/C15H23F3N2O/c1-9(2)13-6-12(8-19-10(3)4)7-14(20-13)21-11(5)15(16,17)18/h6-7,9-11,19H,8H2,1-5H3. The first-order chi connectivity index (χ1) is 9.59. The van der Waals surface area contributed by atoms with Crippen molar-refractivity contribution in [3.05, 3.63) is 23.4 Å². The molecule has 0 radical (unpaired) electrons. The van der Waals surface area contributed by atoms with E-state index < -0.39 is 12.3 Å². The van der Waals surface area contributed by atoms with Gasteiger partial charge in [-0.25, -0.2) is 4.98 Å². The predicted molar refractivity (Wildman–Crippen MR) is 76.4 cm³/mol. The number of pyridine rings is 1. The number of halogens is 3. The summed E-state index contributed by atoms with van der Waals surface area (Å²) in [6.45, 7) is 9.45. The summed E-state index contributed by atoms with van der Waals surface area (Å²) < 4.78 is 42.7. The third-order valence-electron chi connectivity index (χ3n) is 2.95. The molecule has 0 amide bonds. The number of nitrogens with zero attached hydrogens (tertiary/aromatic N) is 1. The number of ether oxygens (including phenoxy) is 1. The van der Waals surface area contributed by atoms with Gasteiger partial charge in [0.05, 0.1) is 0 Å². The fourth-order valence-electron chi connectivity index (χ4n) is 1.61. The molecule has 0 aliphatic carbocycles. The van der Waals surface area contributed by atoms with Crippen LogP contribution < -0.4 is 10.1 Å². The van der Waals surface area contributed by atoms with Gasteiger partial charge in [-0.3, -0.25) is 0 Å². The second-order valence-electron chi connectivity index (χ2n) is 5.73. The molecule has 0 saturated heterocycles. The van der Waals surface area contributed by atoms with Crippen LogP contribution in [0.2, 0.25) is 0 Å². The largest absolute Gasteiger partial charge is 0.465 e. The highest BCUT2D eigenvalue weighted by Crippen LogP contribution is 2.26. The monoisotopic (exact) mass is 304 g/mol. The van der Waals surface area contributed by atoms with E-state index in [1.54, 1.807) is 6.07 Å². The molecule has 1 aromatic heterocycles. The minimum Gasteiger partial charge on any atom is -0.465 e. The maximum Gasteiger partial charge on any atom is 0.425 e. The lowest BCUT2D eigenvalue weighted by atomic mass is 10.1. The summed E-state index contributed by atoms with van der Waals surface area (Å²) in [4.78, 5) is 4.16. The van der Waals surface area contributed by atoms with Crippen molar-refractivity contribution in [3.63, 3.8) is 0 Å². The Hall–Kier alpha value is -1.30. The van der Waals surface area contributed by atoms with Gasteiger partial charge < -0.3 is 10.1 Å². The van der Waals surface area contributed by atoms with Crippen LogP contribution >= 0.6 is 0 Å². The molecular weight excluding hydrogens is 281 g/mol. The number of aromatic nitrogens is 1. The van der Waals surface area contributed by atoms with Crippen molar-refractivity contribution < 1.29 is 17.9 Å². The second kappa shape index (κ2) is 7.11. The predicted octanol–water partition coefficient (Wildman–Crippen LogP) is 4.03. The molecule has 0 saturated carbocycles. The highest BCUT2D eigenvalue weighted by molar-refractivity contribution is 5.27. The van der Waals surface area contributed by atoms with Gasteiger partial charge in [0.1, 0.15) is 0 Å². The fourth-order valence-corrected chi connectivity index (χ4v) is 1.61. The van der Waals surface area contributed by atoms with Gasteiger partial charge in [0, 0.05) is 24.3 Å². The quantitative estimate of drug-likeness (QED) is 0.861. The van der Waals surface area contributed by atoms with Gasteiger partial charge in [0.25, 0.3) is 0 Å². The highest BCUT2D eigenvalue weighted by atomic mass is 19.4. The summed E-state index contributed by atoms with van der Waals surface area (Å²) in [5.74, 6) is 0.138. The van der Waals surface area contributed by atoms with Gasteiger partial charge in [0.2, 0.25) is 5.88 Å². The van der Waals surface area contributed by atoms with Crippen LogP contribution in [0.25, 0.3) is 0 Å². The Kier molecular flexibility index (Phi) is 6.01. The lowest BCUT2D eigenvalue weighted by Crippen LogP contribution is -2.31. The first-order valence-electron chi connectivity index (χ1n) is 7.07. The normalized spacial score (nSPS) is 13.8. The first kappa shape index (κ1) is 17.8. The minimum absolute atomic E-state index is 0.0200. The molecule has 120 valence electrons. The molecular formula is C15H23F3N2O. The number of hydrogen-bond donors (Lipinski definition) is 1. The number of hydrogen-bond acceptors (Lipinski definition) is 3. The molecule has 0 aromatic carbocycles. The molecule has 1 unspecified atom stereocenters. The topological polar surface area (TPSA) is 34.1 Å². The zero-order chi connectivity index (χ0) is 16.2. The minimum atomic E-state index is -4.40. The Morgan fingerprint density at radius 1 is 1.14 bits per heavy atom. The SMILES string of the molecule is CC(C)NCc1cc(OC(C)C(F)(F)F)nc(C(C)C)c1. The summed E-state index contributed by atoms with van der Waals surface area (Å²) in [5.41, 5.74) is 1.59. The Labute approximate surface area is 123 Å². The molecule has 0 fully saturated rings. The van der Waals surface area contributed by atoms with Crippen molar-refractivity contribution in [2.75, 3.05) is 0 Å². The molecule has 0 spiro atoms. The van der Waals surface area contributed by atoms with Gasteiger partial charge in [0.15, 0.2) is 6.10 Å². The maximum absolute atomic E-state index is 12.6. The molecule has 0 aliphatic rings. The average Bonchev–Trinajstić information content (AvgIpc) is 2.34. The molecule has 0 bridgehead atoms. The van der Waals surface area contributed by atoms with Crippen LogP contribution in [0.5, 0.6) is 5.88 Å². The number of alkyl halides is 3. The summed E-state index contributed by atoms with van der Waals surface area (Å²) >= 11 is 0. The molecule has 1 heterocycles. The average molecular weight is 304 g/mol. The Bertz CT molecular complexity index is 459. The molecule has 1 rings (SSSR count). The van der Waals surface area contributed by atoms with E-state index in [4.69, 9.17) is 4.74 Å². The zero-order valence-electron chi connectivity index (χ0n) is 13.1. The van der Waals surface area contributed by atoms with Crippen LogP contribution in [0, 0.1) is 0 Å². The summed E-state index contributed by atoms with van der Waals surface area (Å²) in [6.07, 6.45) is -6.27. The van der Waals surface area contributed by atoms with Crippen LogP contribution in [0.3, 0.4) is 0 Å². The molecule has 0 aliphatic heterocycles. The lowest BCUT2D eigenvalue weighted by molar-refractivity contribution is -0.190. The van der Waals surface area contributed by atoms with Crippen LogP contribution in [-0.2, 0) is 6.54 Å². The third-order valence-corrected chi connectivity index (χ3v) is 2.95. The van der Waals surface area contributed by atoms with Gasteiger partial charge in [-0.05, 0) is 24.5 Å². The smallest absolute Gasteiger partial charge is 0.425 e. The van der Waals surface area contributed by atoms with E-state index in [0.29, 0.717) is 12.6 Å². The van der Waals surface area contributed by atoms with Gasteiger partial charge >= 0.3 is 6.18 Å². The van der Waals surface area contributed by atoms with Gasteiger partial charge in [-0.15, -0.1) is 0 Å². The van der Waals surface area contributed by atoms with Crippen LogP contribution in [-0.4, -0.2) is 23.3 Å². The lowest BCUT2D eigenvalue weighted by Gasteiger charge is -2.19. The maximum atomic E-state index is 12.6. The van der Waals surface area contributed by atoms with Crippen LogP contribution in [0.15, 0.2) is 12.1 Å². The number of nitrogens with one attached hydrogen (secondary N) is 1. The van der Waals surface area contributed by atoms with Crippen molar-refractivity contribution in [1.29, 1.82) is 0 Å². The van der Waals surface area contributed by atoms with E-state index >= 15 is 0 Å². The van der Waals surface area contributed by atoms with Crippen molar-refractivity contribution in [2.45, 2.75) is 65.4 Å². The van der Waals surface area contributed by atoms with Gasteiger partial charge in [-0.2, -0.15) is 13.2 Å². The highest BCUT2D eigenvalue weighted by Gasteiger charge is 2.38. The summed E-state index contributed by atoms with van der Waals surface area (Å²) in [5, 5.41) is 3.23. The van der Waals surface area contributed by atoms with Gasteiger partial charge in [-0.1, -0.05) is 27.7 Å². The molecule has 1 atom stereocenters. The third kappa shape index (κ3) is 5.91. The van der Waals surface area contributed by atoms with Crippen LogP contribution in [0.1, 0.15) is 51.8 Å². The van der Waals surface area contributed by atoms with E-state index in [-0.39, 0.29) is 11.8 Å². The van der Waals surface area contributed by atoms with E-state index in [9.17, 15) is 13.2 Å². The Morgan fingerprint density at radius 3 is 2.24 bits per heavy atom.